The van der Waals surface area contributed by atoms with Gasteiger partial charge in [0.1, 0.15) is 5.78 Å². The molecule has 0 aliphatic heterocycles. The summed E-state index contributed by atoms with van der Waals surface area (Å²) in [4.78, 5) is 21.5. The summed E-state index contributed by atoms with van der Waals surface area (Å²) in [6.07, 6.45) is 0.745. The van der Waals surface area contributed by atoms with Gasteiger partial charge >= 0.3 is 0 Å². The first-order valence-electron chi connectivity index (χ1n) is 3.39. The van der Waals surface area contributed by atoms with Crippen molar-refractivity contribution >= 4 is 11.7 Å². The third-order valence-electron chi connectivity index (χ3n) is 1.90. The lowest BCUT2D eigenvalue weighted by atomic mass is 10.2. The average Bonchev–Trinajstić information content (AvgIpc) is 2.64. The van der Waals surface area contributed by atoms with Crippen LogP contribution >= 0.6 is 0 Å². The van der Waals surface area contributed by atoms with Crippen molar-refractivity contribution in [3.8, 4) is 0 Å². The summed E-state index contributed by atoms with van der Waals surface area (Å²) in [7, 11) is 1.60. The second-order valence-corrected chi connectivity index (χ2v) is 2.67. The molecular weight excluding hydrogens is 130 g/mol. The fourth-order valence-corrected chi connectivity index (χ4v) is 1.12. The van der Waals surface area contributed by atoms with E-state index in [1.165, 1.54) is 6.92 Å². The summed E-state index contributed by atoms with van der Waals surface area (Å²) in [5.74, 6) is 0.122. The van der Waals surface area contributed by atoms with Crippen LogP contribution in [-0.2, 0) is 9.59 Å². The number of nitrogens with one attached hydrogen (secondary N) is 1. The Labute approximate surface area is 59.8 Å². The predicted octanol–water partition coefficient (Wildman–Crippen LogP) is -0.0425. The van der Waals surface area contributed by atoms with Crippen molar-refractivity contribution in [2.24, 2.45) is 11.8 Å². The van der Waals surface area contributed by atoms with Crippen LogP contribution in [0.5, 0.6) is 0 Å². The summed E-state index contributed by atoms with van der Waals surface area (Å²) in [6.45, 7) is 1.54. The first kappa shape index (κ1) is 7.25. The van der Waals surface area contributed by atoms with Gasteiger partial charge in [-0.15, -0.1) is 0 Å². The van der Waals surface area contributed by atoms with Gasteiger partial charge in [-0.2, -0.15) is 0 Å². The minimum atomic E-state index is -0.0255. The summed E-state index contributed by atoms with van der Waals surface area (Å²) < 4.78 is 0. The largest absolute Gasteiger partial charge is 0.359 e. The first-order valence-corrected chi connectivity index (χ1v) is 3.39. The average molecular weight is 141 g/mol. The van der Waals surface area contributed by atoms with Crippen LogP contribution in [0.15, 0.2) is 0 Å². The number of ketones is 1. The number of amides is 1. The van der Waals surface area contributed by atoms with E-state index < -0.39 is 0 Å². The molecule has 0 saturated heterocycles. The number of rotatable bonds is 2. The highest BCUT2D eigenvalue weighted by Gasteiger charge is 2.45. The van der Waals surface area contributed by atoms with Crippen molar-refractivity contribution in [2.45, 2.75) is 13.3 Å². The van der Waals surface area contributed by atoms with Gasteiger partial charge in [0, 0.05) is 18.9 Å². The highest BCUT2D eigenvalue weighted by Crippen LogP contribution is 2.38. The van der Waals surface area contributed by atoms with Crippen LogP contribution in [-0.4, -0.2) is 18.7 Å². The van der Waals surface area contributed by atoms with E-state index >= 15 is 0 Å². The highest BCUT2D eigenvalue weighted by molar-refractivity contribution is 5.92. The molecule has 10 heavy (non-hydrogen) atoms. The van der Waals surface area contributed by atoms with E-state index in [0.717, 1.165) is 6.42 Å². The Hall–Kier alpha value is -0.860. The van der Waals surface area contributed by atoms with E-state index in [9.17, 15) is 9.59 Å². The van der Waals surface area contributed by atoms with Gasteiger partial charge in [-0.05, 0) is 13.3 Å². The topological polar surface area (TPSA) is 46.2 Å². The molecule has 3 nitrogen and oxygen atoms in total. The van der Waals surface area contributed by atoms with E-state index in [1.807, 2.05) is 0 Å². The van der Waals surface area contributed by atoms with Crippen molar-refractivity contribution in [1.29, 1.82) is 0 Å². The molecule has 2 unspecified atom stereocenters. The van der Waals surface area contributed by atoms with Gasteiger partial charge in [0.05, 0.1) is 0 Å². The smallest absolute Gasteiger partial charge is 0.223 e. The Morgan fingerprint density at radius 2 is 2.00 bits per heavy atom. The minimum absolute atomic E-state index is 0.000185. The Kier molecular flexibility index (Phi) is 1.74. The molecule has 0 bridgehead atoms. The quantitative estimate of drug-likeness (QED) is 0.586. The van der Waals surface area contributed by atoms with Gasteiger partial charge in [-0.1, -0.05) is 0 Å². The fraction of sp³-hybridized carbons (Fsp3) is 0.714. The van der Waals surface area contributed by atoms with Crippen LogP contribution in [0.2, 0.25) is 0 Å². The van der Waals surface area contributed by atoms with Crippen LogP contribution < -0.4 is 5.32 Å². The van der Waals surface area contributed by atoms with Crippen molar-refractivity contribution in [1.82, 2.24) is 5.32 Å². The molecule has 0 radical (unpaired) electrons. The first-order chi connectivity index (χ1) is 4.66. The number of hydrogen-bond acceptors (Lipinski definition) is 2. The predicted molar refractivity (Wildman–Crippen MR) is 36.3 cm³/mol. The third kappa shape index (κ3) is 1.17. The van der Waals surface area contributed by atoms with E-state index in [2.05, 4.69) is 5.32 Å². The molecule has 56 valence electrons. The molecule has 1 saturated carbocycles. The Morgan fingerprint density at radius 3 is 2.30 bits per heavy atom. The maximum absolute atomic E-state index is 10.8. The third-order valence-corrected chi connectivity index (χ3v) is 1.90. The molecule has 0 spiro atoms. The van der Waals surface area contributed by atoms with Gasteiger partial charge in [-0.25, -0.2) is 0 Å². The summed E-state index contributed by atoms with van der Waals surface area (Å²) in [5.41, 5.74) is 0. The summed E-state index contributed by atoms with van der Waals surface area (Å²) in [6, 6.07) is 0. The number of hydrogen-bond donors (Lipinski definition) is 1. The molecule has 1 rings (SSSR count). The molecular formula is C7H11NO2. The van der Waals surface area contributed by atoms with E-state index in [4.69, 9.17) is 0 Å². The van der Waals surface area contributed by atoms with E-state index in [0.29, 0.717) is 0 Å². The van der Waals surface area contributed by atoms with Crippen LogP contribution in [0.1, 0.15) is 13.3 Å². The molecule has 3 heteroatoms. The maximum Gasteiger partial charge on any atom is 0.223 e. The van der Waals surface area contributed by atoms with Gasteiger partial charge in [-0.3, -0.25) is 9.59 Å². The van der Waals surface area contributed by atoms with Crippen molar-refractivity contribution in [2.75, 3.05) is 7.05 Å². The molecule has 0 aromatic carbocycles. The highest BCUT2D eigenvalue weighted by atomic mass is 16.2. The normalized spacial score (nSPS) is 29.4. The lowest BCUT2D eigenvalue weighted by Crippen LogP contribution is -2.21. The fourth-order valence-electron chi connectivity index (χ4n) is 1.12. The molecule has 0 aromatic heterocycles. The zero-order valence-electron chi connectivity index (χ0n) is 6.18. The zero-order chi connectivity index (χ0) is 7.72. The van der Waals surface area contributed by atoms with Crippen LogP contribution in [0.3, 0.4) is 0 Å². The summed E-state index contributed by atoms with van der Waals surface area (Å²) >= 11 is 0. The Morgan fingerprint density at radius 1 is 1.40 bits per heavy atom. The second kappa shape index (κ2) is 2.40. The van der Waals surface area contributed by atoms with E-state index in [-0.39, 0.29) is 23.5 Å². The monoisotopic (exact) mass is 141 g/mol. The van der Waals surface area contributed by atoms with Gasteiger partial charge in [0.25, 0.3) is 0 Å². The molecule has 1 amide bonds. The number of carbonyl (C=O) groups is 2. The molecule has 2 atom stereocenters. The molecule has 0 aromatic rings. The minimum Gasteiger partial charge on any atom is -0.359 e. The Bertz CT molecular complexity index is 176. The lowest BCUT2D eigenvalue weighted by Gasteiger charge is -1.93. The van der Waals surface area contributed by atoms with Crippen molar-refractivity contribution < 1.29 is 9.59 Å². The van der Waals surface area contributed by atoms with Crippen LogP contribution in [0.25, 0.3) is 0 Å². The number of carbonyl (C=O) groups excluding carboxylic acids is 2. The summed E-state index contributed by atoms with van der Waals surface area (Å²) in [5, 5.41) is 2.52. The van der Waals surface area contributed by atoms with Crippen LogP contribution in [0.4, 0.5) is 0 Å². The van der Waals surface area contributed by atoms with Gasteiger partial charge < -0.3 is 5.32 Å². The van der Waals surface area contributed by atoms with Gasteiger partial charge in [0.15, 0.2) is 0 Å². The SMILES string of the molecule is CNC(=O)C1CC1C(C)=O. The molecule has 1 N–H and O–H groups in total. The van der Waals surface area contributed by atoms with Gasteiger partial charge in [0.2, 0.25) is 5.91 Å². The maximum atomic E-state index is 10.8. The second-order valence-electron chi connectivity index (χ2n) is 2.67. The zero-order valence-corrected chi connectivity index (χ0v) is 6.18. The number of Topliss-reactive ketones (excluding diaryl/α,β-unsaturated/α-hetero) is 1. The molecule has 1 fully saturated rings. The van der Waals surface area contributed by atoms with Crippen LogP contribution in [0, 0.1) is 11.8 Å². The molecule has 0 heterocycles. The standard InChI is InChI=1S/C7H11NO2/c1-4(9)5-3-6(5)7(10)8-2/h5-6H,3H2,1-2H3,(H,8,10). The molecule has 1 aliphatic carbocycles. The van der Waals surface area contributed by atoms with E-state index in [1.54, 1.807) is 7.05 Å². The molecule has 1 aliphatic rings. The van der Waals surface area contributed by atoms with Crippen molar-refractivity contribution in [3.05, 3.63) is 0 Å². The lowest BCUT2D eigenvalue weighted by molar-refractivity contribution is -0.125. The Balaban J connectivity index is 2.38. The van der Waals surface area contributed by atoms with Crippen molar-refractivity contribution in [3.63, 3.8) is 0 Å².